The summed E-state index contributed by atoms with van der Waals surface area (Å²) in [5, 5.41) is 9.85. The first-order valence-electron chi connectivity index (χ1n) is 6.63. The molecule has 0 saturated heterocycles. The van der Waals surface area contributed by atoms with Crippen LogP contribution in [0.15, 0.2) is 17.2 Å². The Morgan fingerprint density at radius 1 is 1.48 bits per heavy atom. The molecule has 1 heterocycles. The predicted molar refractivity (Wildman–Crippen MR) is 79.5 cm³/mol. The molecule has 0 aliphatic carbocycles. The van der Waals surface area contributed by atoms with Crippen LogP contribution in [0.1, 0.15) is 31.3 Å². The van der Waals surface area contributed by atoms with Crippen LogP contribution in [0, 0.1) is 0 Å². The smallest absolute Gasteiger partial charge is 0.270 e. The summed E-state index contributed by atoms with van der Waals surface area (Å²) in [6, 6.07) is 1.33. The second-order valence-corrected chi connectivity index (χ2v) is 7.40. The molecular weight excluding hydrogens is 294 g/mol. The number of hydrogen-bond donors (Lipinski definition) is 2. The topological polar surface area (TPSA) is 91.6 Å². The summed E-state index contributed by atoms with van der Waals surface area (Å²) >= 11 is 0. The van der Waals surface area contributed by atoms with Crippen molar-refractivity contribution in [2.75, 3.05) is 20.1 Å². The first-order chi connectivity index (χ1) is 9.51. The number of hydrogen-bond acceptors (Lipinski definition) is 4. The van der Waals surface area contributed by atoms with Crippen LogP contribution >= 0.6 is 0 Å². The monoisotopic (exact) mass is 317 g/mol. The standard InChI is InChI=1S/C13H23N3O4S/c1-6-16(9-13(2,3)18)12(17)11-7-10(8-15(11)5)21(19,20)14-4/h7-8,14,18H,6,9H2,1-5H3. The molecule has 0 aliphatic rings. The van der Waals surface area contributed by atoms with E-state index in [0.717, 1.165) is 0 Å². The molecule has 0 radical (unpaired) electrons. The molecule has 0 atom stereocenters. The second-order valence-electron chi connectivity index (χ2n) is 5.51. The summed E-state index contributed by atoms with van der Waals surface area (Å²) in [5.74, 6) is -0.320. The number of sulfonamides is 1. The molecule has 8 heteroatoms. The van der Waals surface area contributed by atoms with E-state index in [0.29, 0.717) is 6.54 Å². The molecule has 0 aliphatic heterocycles. The fourth-order valence-corrected chi connectivity index (χ4v) is 2.77. The fourth-order valence-electron chi connectivity index (χ4n) is 1.97. The van der Waals surface area contributed by atoms with Crippen LogP contribution in [-0.4, -0.2) is 54.6 Å². The molecule has 0 spiro atoms. The van der Waals surface area contributed by atoms with Crippen molar-refractivity contribution in [1.29, 1.82) is 0 Å². The highest BCUT2D eigenvalue weighted by molar-refractivity contribution is 7.89. The van der Waals surface area contributed by atoms with Gasteiger partial charge in [0.1, 0.15) is 10.6 Å². The van der Waals surface area contributed by atoms with E-state index in [1.165, 1.54) is 28.8 Å². The van der Waals surface area contributed by atoms with Crippen LogP contribution in [0.5, 0.6) is 0 Å². The molecule has 7 nitrogen and oxygen atoms in total. The van der Waals surface area contributed by atoms with Gasteiger partial charge in [-0.05, 0) is 33.9 Å². The van der Waals surface area contributed by atoms with Crippen molar-refractivity contribution < 1.29 is 18.3 Å². The van der Waals surface area contributed by atoms with E-state index in [2.05, 4.69) is 4.72 Å². The number of nitrogens with one attached hydrogen (secondary N) is 1. The van der Waals surface area contributed by atoms with Crippen LogP contribution in [0.25, 0.3) is 0 Å². The zero-order valence-corrected chi connectivity index (χ0v) is 13.9. The Morgan fingerprint density at radius 3 is 2.48 bits per heavy atom. The Hall–Kier alpha value is -1.38. The minimum atomic E-state index is -3.59. The summed E-state index contributed by atoms with van der Waals surface area (Å²) in [7, 11) is -0.665. The van der Waals surface area contributed by atoms with Gasteiger partial charge in [-0.1, -0.05) is 0 Å². The highest BCUT2D eigenvalue weighted by Gasteiger charge is 2.25. The van der Waals surface area contributed by atoms with Crippen LogP contribution in [0.4, 0.5) is 0 Å². The number of amides is 1. The van der Waals surface area contributed by atoms with Gasteiger partial charge >= 0.3 is 0 Å². The lowest BCUT2D eigenvalue weighted by atomic mass is 10.1. The fraction of sp³-hybridized carbons (Fsp3) is 0.615. The lowest BCUT2D eigenvalue weighted by molar-refractivity contribution is 0.0309. The molecule has 120 valence electrons. The molecule has 1 aromatic heterocycles. The Kier molecular flexibility index (Phi) is 5.19. The molecule has 21 heavy (non-hydrogen) atoms. The van der Waals surface area contributed by atoms with Gasteiger partial charge in [-0.2, -0.15) is 0 Å². The van der Waals surface area contributed by atoms with Crippen molar-refractivity contribution in [1.82, 2.24) is 14.2 Å². The van der Waals surface area contributed by atoms with Crippen molar-refractivity contribution in [3.05, 3.63) is 18.0 Å². The van der Waals surface area contributed by atoms with Gasteiger partial charge in [0.05, 0.1) is 5.60 Å². The predicted octanol–water partition coefficient (Wildman–Crippen LogP) is 0.166. The van der Waals surface area contributed by atoms with E-state index in [4.69, 9.17) is 0 Å². The SMILES string of the molecule is CCN(CC(C)(C)O)C(=O)c1cc(S(=O)(=O)NC)cn1C. The third kappa shape index (κ3) is 4.29. The van der Waals surface area contributed by atoms with E-state index >= 15 is 0 Å². The van der Waals surface area contributed by atoms with Crippen molar-refractivity contribution in [3.63, 3.8) is 0 Å². The van der Waals surface area contributed by atoms with Gasteiger partial charge in [-0.25, -0.2) is 13.1 Å². The lowest BCUT2D eigenvalue weighted by Crippen LogP contribution is -2.42. The van der Waals surface area contributed by atoms with E-state index in [-0.39, 0.29) is 23.0 Å². The molecule has 0 saturated carbocycles. The Balaban J connectivity index is 3.13. The number of likely N-dealkylation sites (N-methyl/N-ethyl adjacent to an activating group) is 1. The Bertz CT molecular complexity index is 614. The van der Waals surface area contributed by atoms with Gasteiger partial charge < -0.3 is 14.6 Å². The van der Waals surface area contributed by atoms with E-state index in [9.17, 15) is 18.3 Å². The van der Waals surface area contributed by atoms with Gasteiger partial charge in [0.15, 0.2) is 0 Å². The number of rotatable bonds is 6. The largest absolute Gasteiger partial charge is 0.389 e. The molecule has 1 aromatic rings. The van der Waals surface area contributed by atoms with Crippen molar-refractivity contribution in [2.24, 2.45) is 7.05 Å². The summed E-state index contributed by atoms with van der Waals surface area (Å²) in [6.07, 6.45) is 1.39. The first kappa shape index (κ1) is 17.7. The maximum absolute atomic E-state index is 12.5. The normalized spacial score (nSPS) is 12.5. The summed E-state index contributed by atoms with van der Waals surface area (Å²) in [6.45, 7) is 5.62. The molecule has 1 amide bonds. The van der Waals surface area contributed by atoms with Gasteiger partial charge in [0.2, 0.25) is 10.0 Å². The summed E-state index contributed by atoms with van der Waals surface area (Å²) < 4.78 is 27.2. The zero-order valence-electron chi connectivity index (χ0n) is 13.0. The first-order valence-corrected chi connectivity index (χ1v) is 8.11. The average molecular weight is 317 g/mol. The zero-order chi connectivity index (χ0) is 16.4. The molecular formula is C13H23N3O4S. The van der Waals surface area contributed by atoms with Gasteiger partial charge in [0, 0.05) is 26.3 Å². The van der Waals surface area contributed by atoms with E-state index < -0.39 is 15.6 Å². The lowest BCUT2D eigenvalue weighted by Gasteiger charge is -2.28. The summed E-state index contributed by atoms with van der Waals surface area (Å²) in [5.41, 5.74) is -0.758. The van der Waals surface area contributed by atoms with Crippen LogP contribution in [0.2, 0.25) is 0 Å². The van der Waals surface area contributed by atoms with Gasteiger partial charge in [-0.3, -0.25) is 4.79 Å². The Labute approximate surface area is 125 Å². The highest BCUT2D eigenvalue weighted by Crippen LogP contribution is 2.16. The van der Waals surface area contributed by atoms with Crippen molar-refractivity contribution in [2.45, 2.75) is 31.3 Å². The molecule has 0 fully saturated rings. The highest BCUT2D eigenvalue weighted by atomic mass is 32.2. The minimum absolute atomic E-state index is 0.0372. The second kappa shape index (κ2) is 6.17. The minimum Gasteiger partial charge on any atom is -0.389 e. The third-order valence-electron chi connectivity index (χ3n) is 3.02. The molecule has 1 rings (SSSR count). The number of carbonyl (C=O) groups excluding carboxylic acids is 1. The molecule has 2 N–H and O–H groups in total. The average Bonchev–Trinajstić information content (AvgIpc) is 2.77. The van der Waals surface area contributed by atoms with Crippen molar-refractivity contribution in [3.8, 4) is 0 Å². The van der Waals surface area contributed by atoms with Gasteiger partial charge in [0.25, 0.3) is 5.91 Å². The van der Waals surface area contributed by atoms with Crippen LogP contribution < -0.4 is 4.72 Å². The van der Waals surface area contributed by atoms with E-state index in [1.54, 1.807) is 27.8 Å². The number of carbonyl (C=O) groups is 1. The molecule has 0 unspecified atom stereocenters. The van der Waals surface area contributed by atoms with Crippen LogP contribution in [0.3, 0.4) is 0 Å². The molecule has 0 aromatic carbocycles. The quantitative estimate of drug-likeness (QED) is 0.782. The maximum atomic E-state index is 12.5. The number of aromatic nitrogens is 1. The van der Waals surface area contributed by atoms with Crippen LogP contribution in [-0.2, 0) is 17.1 Å². The number of aryl methyl sites for hydroxylation is 1. The van der Waals surface area contributed by atoms with Gasteiger partial charge in [-0.15, -0.1) is 0 Å². The maximum Gasteiger partial charge on any atom is 0.270 e. The van der Waals surface area contributed by atoms with Crippen molar-refractivity contribution >= 4 is 15.9 Å². The molecule has 0 bridgehead atoms. The third-order valence-corrected chi connectivity index (χ3v) is 4.41. The Morgan fingerprint density at radius 2 is 2.05 bits per heavy atom. The summed E-state index contributed by atoms with van der Waals surface area (Å²) in [4.78, 5) is 14.0. The van der Waals surface area contributed by atoms with E-state index in [1.807, 2.05) is 0 Å². The number of aliphatic hydroxyl groups is 1. The number of nitrogens with zero attached hydrogens (tertiary/aromatic N) is 2.